The van der Waals surface area contributed by atoms with Gasteiger partial charge in [-0.05, 0) is 50.9 Å². The highest BCUT2D eigenvalue weighted by Crippen LogP contribution is 2.33. The molecule has 2 heterocycles. The lowest BCUT2D eigenvalue weighted by molar-refractivity contribution is 0.115. The third kappa shape index (κ3) is 2.61. The zero-order valence-corrected chi connectivity index (χ0v) is 12.7. The molecule has 2 aliphatic heterocycles. The van der Waals surface area contributed by atoms with Gasteiger partial charge in [0.05, 0.1) is 10.7 Å². The van der Waals surface area contributed by atoms with Gasteiger partial charge in [0.25, 0.3) is 0 Å². The van der Waals surface area contributed by atoms with E-state index in [1.54, 1.807) is 0 Å². The lowest BCUT2D eigenvalue weighted by atomic mass is 9.96. The van der Waals surface area contributed by atoms with Gasteiger partial charge in [0.15, 0.2) is 0 Å². The average Bonchev–Trinajstić information content (AvgIpc) is 2.41. The maximum Gasteiger partial charge on any atom is 0.0639 e. The third-order valence-electron chi connectivity index (χ3n) is 4.60. The van der Waals surface area contributed by atoms with Crippen LogP contribution >= 0.6 is 11.6 Å². The predicted octanol–water partition coefficient (Wildman–Crippen LogP) is 3.71. The number of aryl methyl sites for hydroxylation is 1. The third-order valence-corrected chi connectivity index (χ3v) is 4.92. The molecule has 1 aromatic rings. The molecule has 2 saturated heterocycles. The number of piperazine rings is 1. The molecule has 0 aromatic heterocycles. The summed E-state index contributed by atoms with van der Waals surface area (Å²) in [6.07, 6.45) is 4.09. The van der Waals surface area contributed by atoms with E-state index in [-0.39, 0.29) is 0 Å². The van der Waals surface area contributed by atoms with Crippen molar-refractivity contribution in [1.82, 2.24) is 4.90 Å². The van der Waals surface area contributed by atoms with E-state index in [2.05, 4.69) is 35.8 Å². The number of benzene rings is 1. The van der Waals surface area contributed by atoms with Crippen LogP contribution in [0.1, 0.15) is 31.7 Å². The minimum absolute atomic E-state index is 0.550. The van der Waals surface area contributed by atoms with Gasteiger partial charge in [-0.3, -0.25) is 4.90 Å². The van der Waals surface area contributed by atoms with Crippen molar-refractivity contribution in [3.05, 3.63) is 28.8 Å². The van der Waals surface area contributed by atoms with E-state index in [1.807, 2.05) is 6.07 Å². The molecule has 2 nitrogen and oxygen atoms in total. The molecule has 0 radical (unpaired) electrons. The second kappa shape index (κ2) is 5.34. The Kier molecular flexibility index (Phi) is 3.72. The first-order valence-corrected chi connectivity index (χ1v) is 7.80. The van der Waals surface area contributed by atoms with Crippen LogP contribution in [-0.2, 0) is 0 Å². The lowest BCUT2D eigenvalue weighted by Crippen LogP contribution is -2.58. The molecule has 19 heavy (non-hydrogen) atoms. The minimum Gasteiger partial charge on any atom is -0.365 e. The summed E-state index contributed by atoms with van der Waals surface area (Å²) in [5.74, 6) is 0. The van der Waals surface area contributed by atoms with Crippen LogP contribution in [0.5, 0.6) is 0 Å². The fourth-order valence-electron chi connectivity index (χ4n) is 3.53. The van der Waals surface area contributed by atoms with Crippen LogP contribution in [0.15, 0.2) is 18.2 Å². The molecule has 2 unspecified atom stereocenters. The predicted molar refractivity (Wildman–Crippen MR) is 82.2 cm³/mol. The molecular weight excluding hydrogens is 256 g/mol. The van der Waals surface area contributed by atoms with Gasteiger partial charge in [0.1, 0.15) is 0 Å². The topological polar surface area (TPSA) is 6.48 Å². The van der Waals surface area contributed by atoms with E-state index in [4.69, 9.17) is 11.6 Å². The highest BCUT2D eigenvalue weighted by atomic mass is 35.5. The highest BCUT2D eigenvalue weighted by molar-refractivity contribution is 6.33. The van der Waals surface area contributed by atoms with E-state index in [9.17, 15) is 0 Å². The van der Waals surface area contributed by atoms with Gasteiger partial charge in [-0.25, -0.2) is 0 Å². The second-order valence-electron chi connectivity index (χ2n) is 6.10. The SMILES string of the molecule is Cc1ccc(Cl)c(N2CC3CCCCN3CC2C)c1. The minimum atomic E-state index is 0.550. The van der Waals surface area contributed by atoms with Crippen LogP contribution in [0, 0.1) is 6.92 Å². The number of fused-ring (bicyclic) bond motifs is 1. The molecule has 3 heteroatoms. The Bertz CT molecular complexity index is 460. The zero-order valence-electron chi connectivity index (χ0n) is 11.9. The molecule has 0 bridgehead atoms. The maximum absolute atomic E-state index is 6.41. The molecule has 0 spiro atoms. The van der Waals surface area contributed by atoms with E-state index >= 15 is 0 Å². The Morgan fingerprint density at radius 1 is 1.21 bits per heavy atom. The monoisotopic (exact) mass is 278 g/mol. The summed E-state index contributed by atoms with van der Waals surface area (Å²) in [6, 6.07) is 7.63. The highest BCUT2D eigenvalue weighted by Gasteiger charge is 2.33. The average molecular weight is 279 g/mol. The first-order chi connectivity index (χ1) is 9.15. The summed E-state index contributed by atoms with van der Waals surface area (Å²) in [6.45, 7) is 8.05. The zero-order chi connectivity index (χ0) is 13.4. The van der Waals surface area contributed by atoms with Gasteiger partial charge in [-0.2, -0.15) is 0 Å². The van der Waals surface area contributed by atoms with Crippen molar-refractivity contribution in [3.63, 3.8) is 0 Å². The number of piperidine rings is 1. The second-order valence-corrected chi connectivity index (χ2v) is 6.51. The van der Waals surface area contributed by atoms with Gasteiger partial charge in [0.2, 0.25) is 0 Å². The molecular formula is C16H23ClN2. The lowest BCUT2D eigenvalue weighted by Gasteiger charge is -2.48. The van der Waals surface area contributed by atoms with Crippen molar-refractivity contribution in [3.8, 4) is 0 Å². The van der Waals surface area contributed by atoms with Crippen molar-refractivity contribution in [1.29, 1.82) is 0 Å². The van der Waals surface area contributed by atoms with Crippen LogP contribution in [-0.4, -0.2) is 36.6 Å². The van der Waals surface area contributed by atoms with Crippen molar-refractivity contribution < 1.29 is 0 Å². The van der Waals surface area contributed by atoms with Gasteiger partial charge in [0, 0.05) is 25.2 Å². The Labute approximate surface area is 121 Å². The Morgan fingerprint density at radius 2 is 2.05 bits per heavy atom. The number of hydrogen-bond acceptors (Lipinski definition) is 2. The van der Waals surface area contributed by atoms with Crippen molar-refractivity contribution in [2.45, 2.75) is 45.2 Å². The standard InChI is InChI=1S/C16H23ClN2/c1-12-6-7-15(17)16(9-12)19-11-14-5-3-4-8-18(14)10-13(19)2/h6-7,9,13-14H,3-5,8,10-11H2,1-2H3. The Morgan fingerprint density at radius 3 is 2.89 bits per heavy atom. The fraction of sp³-hybridized carbons (Fsp3) is 0.625. The van der Waals surface area contributed by atoms with Gasteiger partial charge in [-0.1, -0.05) is 24.1 Å². The number of rotatable bonds is 1. The quantitative estimate of drug-likeness (QED) is 0.773. The van der Waals surface area contributed by atoms with Gasteiger partial charge in [-0.15, -0.1) is 0 Å². The summed E-state index contributed by atoms with van der Waals surface area (Å²) < 4.78 is 0. The summed E-state index contributed by atoms with van der Waals surface area (Å²) in [5.41, 5.74) is 2.51. The summed E-state index contributed by atoms with van der Waals surface area (Å²) in [5, 5.41) is 0.890. The molecule has 3 rings (SSSR count). The molecule has 2 aliphatic rings. The summed E-state index contributed by atoms with van der Waals surface area (Å²) in [7, 11) is 0. The normalized spacial score (nSPS) is 28.3. The molecule has 0 aliphatic carbocycles. The number of hydrogen-bond donors (Lipinski definition) is 0. The number of halogens is 1. The van der Waals surface area contributed by atoms with Gasteiger partial charge < -0.3 is 4.90 Å². The first-order valence-electron chi connectivity index (χ1n) is 7.42. The summed E-state index contributed by atoms with van der Waals surface area (Å²) in [4.78, 5) is 5.19. The molecule has 104 valence electrons. The Hall–Kier alpha value is -0.730. The maximum atomic E-state index is 6.41. The molecule has 0 N–H and O–H groups in total. The molecule has 0 saturated carbocycles. The van der Waals surface area contributed by atoms with Crippen LogP contribution in [0.4, 0.5) is 5.69 Å². The number of anilines is 1. The largest absolute Gasteiger partial charge is 0.365 e. The molecule has 1 aromatic carbocycles. The van der Waals surface area contributed by atoms with Crippen molar-refractivity contribution in [2.24, 2.45) is 0 Å². The smallest absolute Gasteiger partial charge is 0.0639 e. The molecule has 2 atom stereocenters. The number of nitrogens with zero attached hydrogens (tertiary/aromatic N) is 2. The van der Waals surface area contributed by atoms with Crippen LogP contribution in [0.2, 0.25) is 5.02 Å². The van der Waals surface area contributed by atoms with E-state index in [1.165, 1.54) is 43.6 Å². The Balaban J connectivity index is 1.85. The molecule has 0 amide bonds. The fourth-order valence-corrected chi connectivity index (χ4v) is 3.76. The van der Waals surface area contributed by atoms with Crippen LogP contribution < -0.4 is 4.90 Å². The van der Waals surface area contributed by atoms with Crippen LogP contribution in [0.3, 0.4) is 0 Å². The summed E-state index contributed by atoms with van der Waals surface area (Å²) >= 11 is 6.41. The van der Waals surface area contributed by atoms with Gasteiger partial charge >= 0.3 is 0 Å². The first kappa shape index (κ1) is 13.3. The molecule has 2 fully saturated rings. The van der Waals surface area contributed by atoms with Crippen molar-refractivity contribution >= 4 is 17.3 Å². The van der Waals surface area contributed by atoms with Crippen molar-refractivity contribution in [2.75, 3.05) is 24.5 Å². The van der Waals surface area contributed by atoms with E-state index in [0.717, 1.165) is 17.6 Å². The van der Waals surface area contributed by atoms with E-state index in [0.29, 0.717) is 6.04 Å². The van der Waals surface area contributed by atoms with Crippen LogP contribution in [0.25, 0.3) is 0 Å². The van der Waals surface area contributed by atoms with E-state index < -0.39 is 0 Å².